The summed E-state index contributed by atoms with van der Waals surface area (Å²) in [6.07, 6.45) is 0.592. The first-order valence-corrected chi connectivity index (χ1v) is 9.09. The van der Waals surface area contributed by atoms with Crippen molar-refractivity contribution < 1.29 is 22.7 Å². The van der Waals surface area contributed by atoms with Crippen LogP contribution in [0.15, 0.2) is 23.1 Å². The van der Waals surface area contributed by atoms with Crippen LogP contribution in [0.5, 0.6) is 5.75 Å². The zero-order chi connectivity index (χ0) is 18.1. The molecule has 0 saturated carbocycles. The minimum absolute atomic E-state index is 0. The number of carbonyl (C=O) groups excluding carboxylic acids is 1. The van der Waals surface area contributed by atoms with E-state index in [4.69, 9.17) is 10.5 Å². The fourth-order valence-corrected chi connectivity index (χ4v) is 4.56. The summed E-state index contributed by atoms with van der Waals surface area (Å²) in [5.41, 5.74) is 6.00. The van der Waals surface area contributed by atoms with Gasteiger partial charge in [0.2, 0.25) is 10.0 Å². The average molecular weight is 393 g/mol. The largest absolute Gasteiger partial charge is 0.495 e. The second-order valence-corrected chi connectivity index (χ2v) is 8.49. The van der Waals surface area contributed by atoms with Gasteiger partial charge in [0.05, 0.1) is 19.8 Å². The van der Waals surface area contributed by atoms with E-state index in [2.05, 4.69) is 4.74 Å². The Morgan fingerprint density at radius 3 is 2.48 bits per heavy atom. The number of carbonyl (C=O) groups is 1. The molecular formula is C16H25ClN2O5S. The zero-order valence-corrected chi connectivity index (χ0v) is 16.4. The van der Waals surface area contributed by atoms with Gasteiger partial charge in [-0.2, -0.15) is 4.31 Å². The van der Waals surface area contributed by atoms with Crippen LogP contribution in [0.2, 0.25) is 0 Å². The Morgan fingerprint density at radius 1 is 1.32 bits per heavy atom. The van der Waals surface area contributed by atoms with Gasteiger partial charge in [-0.1, -0.05) is 13.8 Å². The normalized spacial score (nSPS) is 20.4. The lowest BCUT2D eigenvalue weighted by Crippen LogP contribution is -2.53. The summed E-state index contributed by atoms with van der Waals surface area (Å²) in [7, 11) is -1.12. The van der Waals surface area contributed by atoms with Crippen LogP contribution >= 0.6 is 12.4 Å². The second-order valence-electron chi connectivity index (χ2n) is 6.58. The molecule has 0 aliphatic carbocycles. The van der Waals surface area contributed by atoms with Crippen molar-refractivity contribution in [1.82, 2.24) is 4.31 Å². The molecule has 0 spiro atoms. The van der Waals surface area contributed by atoms with E-state index in [0.717, 1.165) is 0 Å². The van der Waals surface area contributed by atoms with Crippen molar-refractivity contribution in [3.63, 3.8) is 0 Å². The smallest absolute Gasteiger partial charge is 0.337 e. The van der Waals surface area contributed by atoms with Gasteiger partial charge in [-0.25, -0.2) is 13.2 Å². The number of nitrogens with two attached hydrogens (primary N) is 1. The van der Waals surface area contributed by atoms with Crippen LogP contribution in [0.1, 0.15) is 30.6 Å². The summed E-state index contributed by atoms with van der Waals surface area (Å²) in [6.45, 7) is 4.60. The number of nitrogens with zero attached hydrogens (tertiary/aromatic N) is 1. The van der Waals surface area contributed by atoms with Gasteiger partial charge in [0, 0.05) is 19.1 Å². The number of hydrogen-bond acceptors (Lipinski definition) is 6. The van der Waals surface area contributed by atoms with Crippen molar-refractivity contribution in [2.45, 2.75) is 31.2 Å². The maximum Gasteiger partial charge on any atom is 0.337 e. The van der Waals surface area contributed by atoms with E-state index in [1.165, 1.54) is 36.7 Å². The number of halogens is 1. The van der Waals surface area contributed by atoms with Crippen molar-refractivity contribution in [3.05, 3.63) is 23.8 Å². The average Bonchev–Trinajstić information content (AvgIpc) is 2.55. The lowest BCUT2D eigenvalue weighted by atomic mass is 9.81. The summed E-state index contributed by atoms with van der Waals surface area (Å²) < 4.78 is 37.3. The third kappa shape index (κ3) is 4.25. The molecule has 1 atom stereocenters. The molecule has 0 bridgehead atoms. The lowest BCUT2D eigenvalue weighted by Gasteiger charge is -2.41. The molecule has 25 heavy (non-hydrogen) atoms. The fraction of sp³-hybridized carbons (Fsp3) is 0.562. The van der Waals surface area contributed by atoms with E-state index in [1.54, 1.807) is 0 Å². The van der Waals surface area contributed by atoms with Crippen LogP contribution in [-0.2, 0) is 14.8 Å². The molecular weight excluding hydrogens is 368 g/mol. The predicted molar refractivity (Wildman–Crippen MR) is 96.7 cm³/mol. The summed E-state index contributed by atoms with van der Waals surface area (Å²) in [4.78, 5) is 11.6. The number of benzene rings is 1. The van der Waals surface area contributed by atoms with E-state index < -0.39 is 16.0 Å². The lowest BCUT2D eigenvalue weighted by molar-refractivity contribution is 0.0600. The molecule has 1 aliphatic heterocycles. The highest BCUT2D eigenvalue weighted by atomic mass is 35.5. The first-order chi connectivity index (χ1) is 11.1. The van der Waals surface area contributed by atoms with Crippen LogP contribution in [-0.4, -0.2) is 52.0 Å². The van der Waals surface area contributed by atoms with E-state index in [-0.39, 0.29) is 40.1 Å². The first-order valence-electron chi connectivity index (χ1n) is 7.65. The molecule has 0 amide bonds. The van der Waals surface area contributed by atoms with Gasteiger partial charge < -0.3 is 15.2 Å². The molecule has 0 radical (unpaired) electrons. The maximum atomic E-state index is 13.0. The van der Waals surface area contributed by atoms with Gasteiger partial charge in [-0.3, -0.25) is 0 Å². The van der Waals surface area contributed by atoms with Crippen LogP contribution in [0.3, 0.4) is 0 Å². The number of piperidine rings is 1. The summed E-state index contributed by atoms with van der Waals surface area (Å²) in [6, 6.07) is 4.12. The van der Waals surface area contributed by atoms with Gasteiger partial charge >= 0.3 is 5.97 Å². The zero-order valence-electron chi connectivity index (χ0n) is 14.8. The predicted octanol–water partition coefficient (Wildman–Crippen LogP) is 1.65. The molecule has 142 valence electrons. The molecule has 1 heterocycles. The van der Waals surface area contributed by atoms with E-state index in [9.17, 15) is 13.2 Å². The Morgan fingerprint density at radius 2 is 1.96 bits per heavy atom. The highest BCUT2D eigenvalue weighted by molar-refractivity contribution is 7.89. The Balaban J connectivity index is 0.00000312. The minimum Gasteiger partial charge on any atom is -0.495 e. The van der Waals surface area contributed by atoms with Crippen LogP contribution in [0, 0.1) is 5.41 Å². The molecule has 0 aromatic heterocycles. The van der Waals surface area contributed by atoms with Crippen LogP contribution in [0.4, 0.5) is 0 Å². The molecule has 1 aromatic carbocycles. The Hall–Kier alpha value is -1.35. The number of ether oxygens (including phenoxy) is 2. The van der Waals surface area contributed by atoms with Crippen molar-refractivity contribution in [3.8, 4) is 5.75 Å². The minimum atomic E-state index is -3.75. The quantitative estimate of drug-likeness (QED) is 0.782. The number of sulfonamides is 1. The second kappa shape index (κ2) is 7.90. The van der Waals surface area contributed by atoms with Gasteiger partial charge in [-0.05, 0) is 30.0 Å². The molecule has 1 fully saturated rings. The maximum absolute atomic E-state index is 13.0. The van der Waals surface area contributed by atoms with Crippen molar-refractivity contribution in [2.24, 2.45) is 11.1 Å². The first kappa shape index (κ1) is 21.7. The van der Waals surface area contributed by atoms with Gasteiger partial charge in [0.25, 0.3) is 0 Å². The van der Waals surface area contributed by atoms with Crippen molar-refractivity contribution in [1.29, 1.82) is 0 Å². The third-order valence-corrected chi connectivity index (χ3v) is 6.36. The van der Waals surface area contributed by atoms with Crippen LogP contribution in [0.25, 0.3) is 0 Å². The number of rotatable bonds is 4. The Labute approximate surface area is 154 Å². The fourth-order valence-electron chi connectivity index (χ4n) is 2.79. The molecule has 1 aliphatic rings. The molecule has 2 rings (SSSR count). The molecule has 7 nitrogen and oxygen atoms in total. The van der Waals surface area contributed by atoms with Crippen molar-refractivity contribution >= 4 is 28.4 Å². The van der Waals surface area contributed by atoms with E-state index >= 15 is 0 Å². The highest BCUT2D eigenvalue weighted by Gasteiger charge is 2.39. The number of esters is 1. The highest BCUT2D eigenvalue weighted by Crippen LogP contribution is 2.34. The summed E-state index contributed by atoms with van der Waals surface area (Å²) in [5, 5.41) is 0. The van der Waals surface area contributed by atoms with Crippen LogP contribution < -0.4 is 10.5 Å². The Bertz CT molecular complexity index is 736. The topological polar surface area (TPSA) is 98.9 Å². The molecule has 1 aromatic rings. The summed E-state index contributed by atoms with van der Waals surface area (Å²) >= 11 is 0. The van der Waals surface area contributed by atoms with Gasteiger partial charge in [0.15, 0.2) is 0 Å². The van der Waals surface area contributed by atoms with E-state index in [1.807, 2.05) is 13.8 Å². The van der Waals surface area contributed by atoms with E-state index in [0.29, 0.717) is 19.5 Å². The molecule has 1 unspecified atom stereocenters. The third-order valence-electron chi connectivity index (χ3n) is 4.48. The monoisotopic (exact) mass is 392 g/mol. The van der Waals surface area contributed by atoms with Crippen molar-refractivity contribution in [2.75, 3.05) is 27.3 Å². The summed E-state index contributed by atoms with van der Waals surface area (Å²) in [5.74, 6) is -0.437. The molecule has 1 saturated heterocycles. The number of methoxy groups -OCH3 is 2. The number of hydrogen-bond donors (Lipinski definition) is 1. The van der Waals surface area contributed by atoms with Gasteiger partial charge in [0.1, 0.15) is 10.6 Å². The standard InChI is InChI=1S/C16H24N2O5S.ClH/c1-16(2)10-18(8-7-14(16)17)24(20,21)13-6-5-11(15(19)23-4)9-12(13)22-3;/h5-6,9,14H,7-8,10,17H2,1-4H3;1H. The molecule has 2 N–H and O–H groups in total. The Kier molecular flexibility index (Phi) is 6.86. The van der Waals surface area contributed by atoms with Gasteiger partial charge in [-0.15, -0.1) is 12.4 Å². The molecule has 9 heteroatoms. The SMILES string of the molecule is COC(=O)c1ccc(S(=O)(=O)N2CCC(N)C(C)(C)C2)c(OC)c1.Cl.